The first-order valence-corrected chi connectivity index (χ1v) is 8.45. The van der Waals surface area contributed by atoms with E-state index >= 15 is 0 Å². The Morgan fingerprint density at radius 1 is 1.17 bits per heavy atom. The van der Waals surface area contributed by atoms with Crippen LogP contribution in [0.3, 0.4) is 0 Å². The van der Waals surface area contributed by atoms with Gasteiger partial charge in [0.05, 0.1) is 27.8 Å². The highest BCUT2D eigenvalue weighted by atomic mass is 35.5. The van der Waals surface area contributed by atoms with Gasteiger partial charge in [0.2, 0.25) is 0 Å². The van der Waals surface area contributed by atoms with Crippen LogP contribution in [0.2, 0.25) is 15.1 Å². The van der Waals surface area contributed by atoms with Gasteiger partial charge in [0.1, 0.15) is 5.75 Å². The summed E-state index contributed by atoms with van der Waals surface area (Å²) in [6.45, 7) is 1.95. The van der Waals surface area contributed by atoms with Gasteiger partial charge in [-0.05, 0) is 13.0 Å². The SMILES string of the molecule is CCOP(=O)(CCCl)Oc1cc(Cl)c(Cl)cc1Cl. The molecule has 0 N–H and O–H groups in total. The molecule has 0 heterocycles. The Balaban J connectivity index is 3.01. The number of rotatable bonds is 6. The highest BCUT2D eigenvalue weighted by Crippen LogP contribution is 2.50. The zero-order valence-electron chi connectivity index (χ0n) is 9.46. The molecule has 0 aromatic heterocycles. The van der Waals surface area contributed by atoms with Gasteiger partial charge >= 0.3 is 7.60 Å². The highest BCUT2D eigenvalue weighted by Gasteiger charge is 2.26. The lowest BCUT2D eigenvalue weighted by Gasteiger charge is -2.18. The van der Waals surface area contributed by atoms with Crippen LogP contribution in [0.25, 0.3) is 0 Å². The van der Waals surface area contributed by atoms with Crippen LogP contribution in [0.1, 0.15) is 6.92 Å². The zero-order chi connectivity index (χ0) is 13.8. The second-order valence-corrected chi connectivity index (χ2v) is 6.94. The Kier molecular flexibility index (Phi) is 6.60. The Hall–Kier alpha value is 0.370. The van der Waals surface area contributed by atoms with Crippen molar-refractivity contribution in [3.05, 3.63) is 27.2 Å². The smallest absolute Gasteiger partial charge is 0.380 e. The fourth-order valence-corrected chi connectivity index (χ4v) is 3.74. The van der Waals surface area contributed by atoms with Gasteiger partial charge in [-0.25, -0.2) is 4.57 Å². The van der Waals surface area contributed by atoms with Gasteiger partial charge in [-0.3, -0.25) is 0 Å². The van der Waals surface area contributed by atoms with Gasteiger partial charge in [-0.2, -0.15) is 0 Å². The van der Waals surface area contributed by atoms with E-state index < -0.39 is 7.60 Å². The molecule has 1 atom stereocenters. The Morgan fingerprint density at radius 3 is 2.33 bits per heavy atom. The molecule has 0 radical (unpaired) electrons. The lowest BCUT2D eigenvalue weighted by molar-refractivity contribution is 0.280. The second kappa shape index (κ2) is 7.23. The molecule has 8 heteroatoms. The van der Waals surface area contributed by atoms with E-state index in [9.17, 15) is 4.57 Å². The van der Waals surface area contributed by atoms with E-state index in [0.29, 0.717) is 0 Å². The summed E-state index contributed by atoms with van der Waals surface area (Å²) in [5.74, 6) is 0.309. The van der Waals surface area contributed by atoms with Gasteiger partial charge in [0.15, 0.2) is 0 Å². The van der Waals surface area contributed by atoms with Crippen LogP contribution >= 0.6 is 54.0 Å². The second-order valence-electron chi connectivity index (χ2n) is 3.23. The Labute approximate surface area is 126 Å². The van der Waals surface area contributed by atoms with Crippen molar-refractivity contribution in [2.75, 3.05) is 18.6 Å². The monoisotopic (exact) mass is 350 g/mol. The van der Waals surface area contributed by atoms with Crippen LogP contribution in [-0.2, 0) is 9.09 Å². The predicted octanol–water partition coefficient (Wildman–Crippen LogP) is 5.49. The van der Waals surface area contributed by atoms with E-state index in [1.165, 1.54) is 12.1 Å². The summed E-state index contributed by atoms with van der Waals surface area (Å²) in [6, 6.07) is 2.81. The summed E-state index contributed by atoms with van der Waals surface area (Å²) in [4.78, 5) is 0. The van der Waals surface area contributed by atoms with Crippen LogP contribution in [0.4, 0.5) is 0 Å². The first kappa shape index (κ1) is 16.4. The molecule has 1 aromatic carbocycles. The van der Waals surface area contributed by atoms with Gasteiger partial charge in [0.25, 0.3) is 0 Å². The van der Waals surface area contributed by atoms with Crippen molar-refractivity contribution in [2.24, 2.45) is 0 Å². The molecule has 0 saturated heterocycles. The summed E-state index contributed by atoms with van der Waals surface area (Å²) < 4.78 is 22.7. The molecular formula is C10H11Cl4O3P. The topological polar surface area (TPSA) is 35.5 Å². The minimum atomic E-state index is -3.32. The maximum absolute atomic E-state index is 12.3. The van der Waals surface area contributed by atoms with Crippen molar-refractivity contribution in [1.82, 2.24) is 0 Å². The van der Waals surface area contributed by atoms with Crippen molar-refractivity contribution in [2.45, 2.75) is 6.92 Å². The quantitative estimate of drug-likeness (QED) is 0.386. The molecule has 0 aliphatic carbocycles. The van der Waals surface area contributed by atoms with E-state index in [1.807, 2.05) is 0 Å². The summed E-state index contributed by atoms with van der Waals surface area (Å²) in [5, 5.41) is 0.751. The Morgan fingerprint density at radius 2 is 1.78 bits per heavy atom. The van der Waals surface area contributed by atoms with Crippen molar-refractivity contribution in [3.63, 3.8) is 0 Å². The fourth-order valence-electron chi connectivity index (χ4n) is 1.16. The van der Waals surface area contributed by atoms with Crippen LogP contribution in [0.15, 0.2) is 12.1 Å². The molecule has 0 aliphatic rings. The molecule has 0 spiro atoms. The standard InChI is InChI=1S/C10H11Cl4O3P/c1-2-16-18(15,4-3-11)17-10-6-8(13)7(12)5-9(10)14/h5-6H,2-4H2,1H3. The molecule has 0 amide bonds. The Bertz CT molecular complexity index is 457. The minimum Gasteiger partial charge on any atom is -0.423 e. The molecule has 0 bridgehead atoms. The molecule has 1 rings (SSSR count). The molecule has 0 fully saturated rings. The van der Waals surface area contributed by atoms with E-state index in [0.717, 1.165) is 0 Å². The predicted molar refractivity (Wildman–Crippen MR) is 76.9 cm³/mol. The van der Waals surface area contributed by atoms with Gasteiger partial charge < -0.3 is 9.05 Å². The fraction of sp³-hybridized carbons (Fsp3) is 0.400. The van der Waals surface area contributed by atoms with E-state index in [4.69, 9.17) is 55.5 Å². The third kappa shape index (κ3) is 4.48. The third-order valence-electron chi connectivity index (χ3n) is 1.90. The van der Waals surface area contributed by atoms with Gasteiger partial charge in [-0.15, -0.1) is 11.6 Å². The number of halogens is 4. The van der Waals surface area contributed by atoms with Crippen LogP contribution in [-0.4, -0.2) is 18.6 Å². The molecule has 102 valence electrons. The number of benzene rings is 1. The number of alkyl halides is 1. The van der Waals surface area contributed by atoms with Crippen molar-refractivity contribution in [3.8, 4) is 5.75 Å². The maximum atomic E-state index is 12.3. The molecule has 18 heavy (non-hydrogen) atoms. The number of hydrogen-bond acceptors (Lipinski definition) is 3. The zero-order valence-corrected chi connectivity index (χ0v) is 13.4. The molecular weight excluding hydrogens is 341 g/mol. The van der Waals surface area contributed by atoms with Gasteiger partial charge in [0, 0.05) is 11.9 Å². The summed E-state index contributed by atoms with van der Waals surface area (Å²) >= 11 is 23.1. The first-order chi connectivity index (χ1) is 8.41. The van der Waals surface area contributed by atoms with E-state index in [2.05, 4.69) is 0 Å². The maximum Gasteiger partial charge on any atom is 0.380 e. The van der Waals surface area contributed by atoms with Gasteiger partial charge in [-0.1, -0.05) is 34.8 Å². The summed E-state index contributed by atoms with van der Waals surface area (Å²) in [5.41, 5.74) is 0. The van der Waals surface area contributed by atoms with Crippen molar-refractivity contribution in [1.29, 1.82) is 0 Å². The molecule has 1 unspecified atom stereocenters. The largest absolute Gasteiger partial charge is 0.423 e. The molecule has 1 aromatic rings. The molecule has 0 aliphatic heterocycles. The lowest BCUT2D eigenvalue weighted by atomic mass is 10.3. The number of hydrogen-bond donors (Lipinski definition) is 0. The van der Waals surface area contributed by atoms with E-state index in [-0.39, 0.29) is 39.5 Å². The van der Waals surface area contributed by atoms with Crippen molar-refractivity contribution >= 4 is 54.0 Å². The molecule has 3 nitrogen and oxygen atoms in total. The normalized spacial score (nSPS) is 14.3. The molecule has 0 saturated carbocycles. The first-order valence-electron chi connectivity index (χ1n) is 5.05. The van der Waals surface area contributed by atoms with Crippen LogP contribution in [0, 0.1) is 0 Å². The highest BCUT2D eigenvalue weighted by molar-refractivity contribution is 7.54. The van der Waals surface area contributed by atoms with E-state index in [1.54, 1.807) is 6.92 Å². The lowest BCUT2D eigenvalue weighted by Crippen LogP contribution is -2.04. The average Bonchev–Trinajstić information content (AvgIpc) is 2.26. The van der Waals surface area contributed by atoms with Crippen LogP contribution in [0.5, 0.6) is 5.75 Å². The average molecular weight is 352 g/mol. The minimum absolute atomic E-state index is 0.0823. The van der Waals surface area contributed by atoms with Crippen LogP contribution < -0.4 is 4.52 Å². The third-order valence-corrected chi connectivity index (χ3v) is 5.26. The summed E-state index contributed by atoms with van der Waals surface area (Å²) in [7, 11) is -3.32. The summed E-state index contributed by atoms with van der Waals surface area (Å²) in [6.07, 6.45) is 0.0823. The van der Waals surface area contributed by atoms with Crippen molar-refractivity contribution < 1.29 is 13.6 Å².